The summed E-state index contributed by atoms with van der Waals surface area (Å²) in [5.41, 5.74) is 1.38. The molecule has 2 heterocycles. The molecule has 23 heavy (non-hydrogen) atoms. The lowest BCUT2D eigenvalue weighted by Gasteiger charge is -2.33. The second-order valence-electron chi connectivity index (χ2n) is 5.48. The van der Waals surface area contributed by atoms with Gasteiger partial charge < -0.3 is 15.0 Å². The molecule has 6 heteroatoms. The van der Waals surface area contributed by atoms with Crippen molar-refractivity contribution in [2.45, 2.75) is 18.9 Å². The van der Waals surface area contributed by atoms with E-state index < -0.39 is 0 Å². The van der Waals surface area contributed by atoms with E-state index >= 15 is 0 Å². The highest BCUT2D eigenvalue weighted by Crippen LogP contribution is 2.26. The minimum Gasteiger partial charge on any atom is -0.495 e. The molecule has 3 rings (SSSR count). The van der Waals surface area contributed by atoms with Gasteiger partial charge in [-0.1, -0.05) is 12.1 Å². The molecule has 0 bridgehead atoms. The molecule has 6 nitrogen and oxygen atoms in total. The number of piperidine rings is 1. The van der Waals surface area contributed by atoms with Gasteiger partial charge in [0.1, 0.15) is 17.6 Å². The first-order valence-corrected chi connectivity index (χ1v) is 7.67. The Morgan fingerprint density at radius 1 is 1.22 bits per heavy atom. The largest absolute Gasteiger partial charge is 0.495 e. The van der Waals surface area contributed by atoms with Gasteiger partial charge in [-0.3, -0.25) is 0 Å². The van der Waals surface area contributed by atoms with Crippen molar-refractivity contribution >= 4 is 11.5 Å². The lowest BCUT2D eigenvalue weighted by Crippen LogP contribution is -2.39. The topological polar surface area (TPSA) is 74.1 Å². The molecule has 1 aromatic heterocycles. The molecule has 1 aliphatic heterocycles. The molecule has 0 radical (unpaired) electrons. The molecule has 0 amide bonds. The number of rotatable bonds is 4. The van der Waals surface area contributed by atoms with Crippen LogP contribution in [-0.4, -0.2) is 36.2 Å². The van der Waals surface area contributed by atoms with Crippen LogP contribution in [0, 0.1) is 11.3 Å². The van der Waals surface area contributed by atoms with Gasteiger partial charge in [-0.2, -0.15) is 5.26 Å². The standard InChI is InChI=1S/C17H19N5O/c1-23-16-5-3-2-4-15(16)21-13-6-8-22(9-7-13)17-12-19-14(10-18)11-20-17/h2-5,11-13,21H,6-9H2,1H3. The Balaban J connectivity index is 1.59. The molecular weight excluding hydrogens is 290 g/mol. The Morgan fingerprint density at radius 2 is 2.00 bits per heavy atom. The zero-order valence-electron chi connectivity index (χ0n) is 13.1. The van der Waals surface area contributed by atoms with E-state index in [0.29, 0.717) is 11.7 Å². The van der Waals surface area contributed by atoms with E-state index in [9.17, 15) is 0 Å². The number of para-hydroxylation sites is 2. The maximum absolute atomic E-state index is 8.77. The number of benzene rings is 1. The van der Waals surface area contributed by atoms with Gasteiger partial charge in [0.05, 0.1) is 25.2 Å². The average molecular weight is 309 g/mol. The normalized spacial score (nSPS) is 15.0. The highest BCUT2D eigenvalue weighted by Gasteiger charge is 2.21. The van der Waals surface area contributed by atoms with E-state index in [1.54, 1.807) is 13.3 Å². The highest BCUT2D eigenvalue weighted by atomic mass is 16.5. The van der Waals surface area contributed by atoms with Gasteiger partial charge in [0.15, 0.2) is 5.69 Å². The van der Waals surface area contributed by atoms with Crippen LogP contribution in [0.4, 0.5) is 11.5 Å². The molecule has 118 valence electrons. The molecule has 2 aromatic rings. The zero-order valence-corrected chi connectivity index (χ0v) is 13.1. The maximum atomic E-state index is 8.77. The van der Waals surface area contributed by atoms with Crippen molar-refractivity contribution in [2.24, 2.45) is 0 Å². The van der Waals surface area contributed by atoms with Crippen LogP contribution in [0.15, 0.2) is 36.7 Å². The van der Waals surface area contributed by atoms with Crippen molar-refractivity contribution in [3.05, 3.63) is 42.4 Å². The van der Waals surface area contributed by atoms with Crippen LogP contribution in [0.5, 0.6) is 5.75 Å². The summed E-state index contributed by atoms with van der Waals surface area (Å²) in [5, 5.41) is 12.3. The number of nitriles is 1. The third-order valence-electron chi connectivity index (χ3n) is 4.04. The maximum Gasteiger partial charge on any atom is 0.158 e. The monoisotopic (exact) mass is 309 g/mol. The first kappa shape index (κ1) is 15.1. The summed E-state index contributed by atoms with van der Waals surface area (Å²) < 4.78 is 5.38. The van der Waals surface area contributed by atoms with Crippen LogP contribution >= 0.6 is 0 Å². The summed E-state index contributed by atoms with van der Waals surface area (Å²) >= 11 is 0. The van der Waals surface area contributed by atoms with Gasteiger partial charge >= 0.3 is 0 Å². The van der Waals surface area contributed by atoms with Crippen molar-refractivity contribution in [2.75, 3.05) is 30.4 Å². The summed E-state index contributed by atoms with van der Waals surface area (Å²) in [4.78, 5) is 10.6. The number of nitrogens with one attached hydrogen (secondary N) is 1. The predicted molar refractivity (Wildman–Crippen MR) is 88.6 cm³/mol. The quantitative estimate of drug-likeness (QED) is 0.935. The number of ether oxygens (including phenoxy) is 1. The Morgan fingerprint density at radius 3 is 2.65 bits per heavy atom. The lowest BCUT2D eigenvalue weighted by atomic mass is 10.0. The number of methoxy groups -OCH3 is 1. The first-order valence-electron chi connectivity index (χ1n) is 7.67. The summed E-state index contributed by atoms with van der Waals surface area (Å²) in [6, 6.07) is 10.4. The van der Waals surface area contributed by atoms with Crippen LogP contribution in [0.1, 0.15) is 18.5 Å². The Hall–Kier alpha value is -2.81. The van der Waals surface area contributed by atoms with Crippen LogP contribution in [0.25, 0.3) is 0 Å². The molecule has 1 fully saturated rings. The molecule has 0 saturated carbocycles. The average Bonchev–Trinajstić information content (AvgIpc) is 2.63. The SMILES string of the molecule is COc1ccccc1NC1CCN(c2cnc(C#N)cn2)CC1. The van der Waals surface area contributed by atoms with Crippen LogP contribution in [-0.2, 0) is 0 Å². The van der Waals surface area contributed by atoms with Crippen molar-refractivity contribution in [1.29, 1.82) is 5.26 Å². The lowest BCUT2D eigenvalue weighted by molar-refractivity contribution is 0.415. The van der Waals surface area contributed by atoms with E-state index in [0.717, 1.165) is 43.2 Å². The number of aromatic nitrogens is 2. The fourth-order valence-corrected chi connectivity index (χ4v) is 2.78. The second-order valence-corrected chi connectivity index (χ2v) is 5.48. The number of anilines is 2. The molecule has 1 N–H and O–H groups in total. The van der Waals surface area contributed by atoms with Gasteiger partial charge in [0.25, 0.3) is 0 Å². The van der Waals surface area contributed by atoms with Crippen molar-refractivity contribution in [3.63, 3.8) is 0 Å². The van der Waals surface area contributed by atoms with Gasteiger partial charge in [0.2, 0.25) is 0 Å². The van der Waals surface area contributed by atoms with E-state index in [2.05, 4.69) is 20.2 Å². The van der Waals surface area contributed by atoms with Gasteiger partial charge in [-0.25, -0.2) is 9.97 Å². The fraction of sp³-hybridized carbons (Fsp3) is 0.353. The Kier molecular flexibility index (Phi) is 4.57. The smallest absolute Gasteiger partial charge is 0.158 e. The Labute approximate surface area is 135 Å². The molecule has 0 spiro atoms. The molecule has 0 unspecified atom stereocenters. The summed E-state index contributed by atoms with van der Waals surface area (Å²) in [7, 11) is 1.69. The van der Waals surface area contributed by atoms with Crippen LogP contribution in [0.2, 0.25) is 0 Å². The third kappa shape index (κ3) is 3.51. The van der Waals surface area contributed by atoms with Gasteiger partial charge in [-0.15, -0.1) is 0 Å². The minimum atomic E-state index is 0.349. The first-order chi connectivity index (χ1) is 11.3. The van der Waals surface area contributed by atoms with Crippen LogP contribution in [0.3, 0.4) is 0 Å². The zero-order chi connectivity index (χ0) is 16.1. The Bertz CT molecular complexity index is 687. The van der Waals surface area contributed by atoms with Crippen molar-refractivity contribution < 1.29 is 4.74 Å². The molecule has 0 aliphatic carbocycles. The molecule has 1 aromatic carbocycles. The molecule has 1 aliphatic rings. The summed E-state index contributed by atoms with van der Waals surface area (Å²) in [6.07, 6.45) is 5.22. The third-order valence-corrected chi connectivity index (χ3v) is 4.04. The van der Waals surface area contributed by atoms with Crippen molar-refractivity contribution in [3.8, 4) is 11.8 Å². The fourth-order valence-electron chi connectivity index (χ4n) is 2.78. The number of nitrogens with zero attached hydrogens (tertiary/aromatic N) is 4. The van der Waals surface area contributed by atoms with Crippen molar-refractivity contribution in [1.82, 2.24) is 9.97 Å². The van der Waals surface area contributed by atoms with E-state index in [1.807, 2.05) is 30.3 Å². The molecular formula is C17H19N5O. The second kappa shape index (κ2) is 6.97. The van der Waals surface area contributed by atoms with E-state index in [-0.39, 0.29) is 0 Å². The molecule has 0 atom stereocenters. The minimum absolute atomic E-state index is 0.349. The molecule has 1 saturated heterocycles. The van der Waals surface area contributed by atoms with Crippen LogP contribution < -0.4 is 15.0 Å². The number of hydrogen-bond donors (Lipinski definition) is 1. The highest BCUT2D eigenvalue weighted by molar-refractivity contribution is 5.56. The summed E-state index contributed by atoms with van der Waals surface area (Å²) in [6.45, 7) is 1.82. The number of hydrogen-bond acceptors (Lipinski definition) is 6. The van der Waals surface area contributed by atoms with Gasteiger partial charge in [-0.05, 0) is 25.0 Å². The van der Waals surface area contributed by atoms with E-state index in [1.165, 1.54) is 6.20 Å². The summed E-state index contributed by atoms with van der Waals surface area (Å²) in [5.74, 6) is 1.70. The van der Waals surface area contributed by atoms with Gasteiger partial charge in [0, 0.05) is 19.1 Å². The predicted octanol–water partition coefficient (Wildman–Crippen LogP) is 2.44. The van der Waals surface area contributed by atoms with E-state index in [4.69, 9.17) is 10.00 Å².